The van der Waals surface area contributed by atoms with Crippen molar-refractivity contribution in [3.05, 3.63) is 212 Å². The van der Waals surface area contributed by atoms with Crippen molar-refractivity contribution in [2.75, 3.05) is 0 Å². The van der Waals surface area contributed by atoms with Crippen molar-refractivity contribution in [1.29, 1.82) is 0 Å². The van der Waals surface area contributed by atoms with Crippen molar-refractivity contribution >= 4 is 65.6 Å². The van der Waals surface area contributed by atoms with Gasteiger partial charge in [0.25, 0.3) is 0 Å². The summed E-state index contributed by atoms with van der Waals surface area (Å²) in [5.41, 5.74) is 13.5. The predicted octanol–water partition coefficient (Wildman–Crippen LogP) is 14.6. The van der Waals surface area contributed by atoms with Gasteiger partial charge in [-0.15, -0.1) is 0 Å². The van der Waals surface area contributed by atoms with Gasteiger partial charge in [-0.05, 0) is 65.2 Å². The van der Waals surface area contributed by atoms with E-state index in [9.17, 15) is 0 Å². The number of aromatic nitrogens is 5. The molecule has 6 heteroatoms. The number of nitrogens with zero attached hydrogens (tertiary/aromatic N) is 5. The average Bonchev–Trinajstić information content (AvgIpc) is 4.02. The maximum Gasteiger partial charge on any atom is 0.238 e. The van der Waals surface area contributed by atoms with Crippen LogP contribution in [0.2, 0.25) is 0 Å². The molecule has 0 unspecified atom stereocenters. The van der Waals surface area contributed by atoms with Crippen LogP contribution >= 0.6 is 0 Å². The molecule has 4 heterocycles. The summed E-state index contributed by atoms with van der Waals surface area (Å²) in [4.78, 5) is 15.8. The Kier molecular flexibility index (Phi) is 7.80. The highest BCUT2D eigenvalue weighted by Gasteiger charge is 2.24. The molecule has 294 valence electrons. The van der Waals surface area contributed by atoms with Gasteiger partial charge < -0.3 is 8.98 Å². The number of hydrogen-bond donors (Lipinski definition) is 0. The molecule has 0 saturated carbocycles. The summed E-state index contributed by atoms with van der Waals surface area (Å²) in [5, 5.41) is 6.66. The van der Waals surface area contributed by atoms with Crippen molar-refractivity contribution in [3.63, 3.8) is 0 Å². The fourth-order valence-corrected chi connectivity index (χ4v) is 9.54. The molecule has 0 aliphatic heterocycles. The minimum absolute atomic E-state index is 0.542. The molecule has 0 amide bonds. The molecule has 4 aromatic heterocycles. The summed E-state index contributed by atoms with van der Waals surface area (Å²) in [7, 11) is 0. The molecule has 0 saturated heterocycles. The number of hydrogen-bond acceptors (Lipinski definition) is 4. The minimum atomic E-state index is 0.542. The number of benzene rings is 9. The van der Waals surface area contributed by atoms with E-state index in [0.717, 1.165) is 88.3 Å². The first-order chi connectivity index (χ1) is 31.2. The highest BCUT2D eigenvalue weighted by molar-refractivity contribution is 6.26. The van der Waals surface area contributed by atoms with Gasteiger partial charge in [0.1, 0.15) is 11.2 Å². The van der Waals surface area contributed by atoms with Crippen LogP contribution in [0.15, 0.2) is 217 Å². The fourth-order valence-electron chi connectivity index (χ4n) is 9.54. The molecule has 0 aliphatic carbocycles. The zero-order valence-corrected chi connectivity index (χ0v) is 33.9. The van der Waals surface area contributed by atoms with Gasteiger partial charge in [-0.3, -0.25) is 4.57 Å². The number of fused-ring (bicyclic) bond motifs is 10. The van der Waals surface area contributed by atoms with Gasteiger partial charge in [-0.2, -0.15) is 9.97 Å². The Bertz CT molecular complexity index is 3900. The number of para-hydroxylation sites is 3. The van der Waals surface area contributed by atoms with E-state index in [1.807, 2.05) is 48.5 Å². The zero-order chi connectivity index (χ0) is 41.4. The van der Waals surface area contributed by atoms with Crippen LogP contribution in [0.25, 0.3) is 122 Å². The minimum Gasteiger partial charge on any atom is -0.456 e. The summed E-state index contributed by atoms with van der Waals surface area (Å²) in [6.45, 7) is 0. The Morgan fingerprint density at radius 2 is 0.921 bits per heavy atom. The standard InChI is InChI=1S/C57H35N5O/c1-4-16-36(17-5-1)39-28-30-41(37-18-6-2-7-19-37)50(35-39)61-47-25-13-10-22-42(47)44-31-32-49-53(54(44)61)45-24-11-14-26-48(45)62(49)57-59-55(38-20-8-3-9-21-38)58-56(60-57)40-29-33-52-46(34-40)43-23-12-15-27-51(43)63-52/h1-35H. The normalized spacial score (nSPS) is 11.8. The lowest BCUT2D eigenvalue weighted by Crippen LogP contribution is -2.06. The van der Waals surface area contributed by atoms with E-state index >= 15 is 0 Å². The second kappa shape index (κ2) is 14.0. The Hall–Kier alpha value is -8.61. The molecule has 63 heavy (non-hydrogen) atoms. The van der Waals surface area contributed by atoms with E-state index in [1.165, 1.54) is 16.3 Å². The van der Waals surface area contributed by atoms with Crippen molar-refractivity contribution in [1.82, 2.24) is 24.1 Å². The van der Waals surface area contributed by atoms with Gasteiger partial charge in [0.2, 0.25) is 5.95 Å². The third kappa shape index (κ3) is 5.55. The van der Waals surface area contributed by atoms with Crippen molar-refractivity contribution < 1.29 is 4.42 Å². The molecule has 0 N–H and O–H groups in total. The van der Waals surface area contributed by atoms with Crippen LogP contribution in [0.4, 0.5) is 0 Å². The number of furan rings is 1. The third-order valence-corrected chi connectivity index (χ3v) is 12.4. The number of rotatable bonds is 6. The van der Waals surface area contributed by atoms with E-state index in [4.69, 9.17) is 19.4 Å². The SMILES string of the molecule is c1ccc(-c2ccc(-c3ccccc3)c(-n3c4ccccc4c4ccc5c(c6ccccc6n5-c5nc(-c6ccccc6)nc(-c6ccc7oc8ccccc8c7c6)n5)c43)c2)cc1. The van der Waals surface area contributed by atoms with Gasteiger partial charge in [-0.25, -0.2) is 4.98 Å². The summed E-state index contributed by atoms with van der Waals surface area (Å²) >= 11 is 0. The Morgan fingerprint density at radius 1 is 0.333 bits per heavy atom. The predicted molar refractivity (Wildman–Crippen MR) is 258 cm³/mol. The zero-order valence-electron chi connectivity index (χ0n) is 33.9. The van der Waals surface area contributed by atoms with Gasteiger partial charge in [0, 0.05) is 49.0 Å². The second-order valence-electron chi connectivity index (χ2n) is 16.0. The molecule has 13 aromatic rings. The molecular weight excluding hydrogens is 771 g/mol. The van der Waals surface area contributed by atoms with E-state index in [-0.39, 0.29) is 0 Å². The van der Waals surface area contributed by atoms with Gasteiger partial charge in [0.05, 0.1) is 27.8 Å². The lowest BCUT2D eigenvalue weighted by atomic mass is 9.97. The van der Waals surface area contributed by atoms with Crippen LogP contribution in [0, 0.1) is 0 Å². The Balaban J connectivity index is 1.13. The summed E-state index contributed by atoms with van der Waals surface area (Å²) in [6, 6.07) is 74.6. The summed E-state index contributed by atoms with van der Waals surface area (Å²) < 4.78 is 10.9. The van der Waals surface area contributed by atoms with Gasteiger partial charge in [0.15, 0.2) is 11.6 Å². The van der Waals surface area contributed by atoms with Crippen LogP contribution in [0.5, 0.6) is 0 Å². The topological polar surface area (TPSA) is 61.7 Å². The molecule has 0 fully saturated rings. The highest BCUT2D eigenvalue weighted by Crippen LogP contribution is 2.44. The van der Waals surface area contributed by atoms with E-state index in [0.29, 0.717) is 17.6 Å². The van der Waals surface area contributed by atoms with Crippen LogP contribution in [-0.4, -0.2) is 24.1 Å². The first-order valence-electron chi connectivity index (χ1n) is 21.2. The lowest BCUT2D eigenvalue weighted by Gasteiger charge is -2.17. The molecule has 0 bridgehead atoms. The van der Waals surface area contributed by atoms with E-state index < -0.39 is 0 Å². The highest BCUT2D eigenvalue weighted by atomic mass is 16.3. The molecule has 0 spiro atoms. The third-order valence-electron chi connectivity index (χ3n) is 12.4. The van der Waals surface area contributed by atoms with E-state index in [1.54, 1.807) is 0 Å². The van der Waals surface area contributed by atoms with Crippen molar-refractivity contribution in [2.45, 2.75) is 0 Å². The molecule has 6 nitrogen and oxygen atoms in total. The molecule has 13 rings (SSSR count). The van der Waals surface area contributed by atoms with Crippen molar-refractivity contribution in [2.24, 2.45) is 0 Å². The molecule has 0 radical (unpaired) electrons. The van der Waals surface area contributed by atoms with Crippen molar-refractivity contribution in [3.8, 4) is 56.7 Å². The summed E-state index contributed by atoms with van der Waals surface area (Å²) in [5.74, 6) is 1.72. The Labute approximate surface area is 361 Å². The van der Waals surface area contributed by atoms with Gasteiger partial charge in [-0.1, -0.05) is 164 Å². The van der Waals surface area contributed by atoms with Crippen LogP contribution in [0.1, 0.15) is 0 Å². The Morgan fingerprint density at radius 3 is 1.68 bits per heavy atom. The molecule has 0 atom stereocenters. The molecule has 0 aliphatic rings. The monoisotopic (exact) mass is 805 g/mol. The molecular formula is C57H35N5O. The molecule has 9 aromatic carbocycles. The maximum atomic E-state index is 6.22. The largest absolute Gasteiger partial charge is 0.456 e. The fraction of sp³-hybridized carbons (Fsp3) is 0. The maximum absolute atomic E-state index is 6.22. The van der Waals surface area contributed by atoms with Crippen LogP contribution < -0.4 is 0 Å². The lowest BCUT2D eigenvalue weighted by molar-refractivity contribution is 0.669. The first kappa shape index (κ1) is 35.2. The first-order valence-corrected chi connectivity index (χ1v) is 21.2. The van der Waals surface area contributed by atoms with Gasteiger partial charge >= 0.3 is 0 Å². The smallest absolute Gasteiger partial charge is 0.238 e. The van der Waals surface area contributed by atoms with Crippen LogP contribution in [-0.2, 0) is 0 Å². The second-order valence-corrected chi connectivity index (χ2v) is 16.0. The van der Waals surface area contributed by atoms with E-state index in [2.05, 4.69) is 173 Å². The van der Waals surface area contributed by atoms with Crippen LogP contribution in [0.3, 0.4) is 0 Å². The average molecular weight is 806 g/mol. The quantitative estimate of drug-likeness (QED) is 0.168. The summed E-state index contributed by atoms with van der Waals surface area (Å²) in [6.07, 6.45) is 0.